The largest absolute Gasteiger partial charge is 0.481 e. The summed E-state index contributed by atoms with van der Waals surface area (Å²) >= 11 is 6.12. The molecule has 1 unspecified atom stereocenters. The predicted molar refractivity (Wildman–Crippen MR) is 89.4 cm³/mol. The van der Waals surface area contributed by atoms with Crippen LogP contribution < -0.4 is 0 Å². The molecule has 2 heterocycles. The number of halogens is 1. The summed E-state index contributed by atoms with van der Waals surface area (Å²) in [5.41, 5.74) is -0.329. The maximum Gasteiger partial charge on any atom is 0.313 e. The van der Waals surface area contributed by atoms with Gasteiger partial charge in [-0.2, -0.15) is 0 Å². The Bertz CT molecular complexity index is 806. The number of aliphatic carboxylic acids is 1. The van der Waals surface area contributed by atoms with E-state index >= 15 is 0 Å². The van der Waals surface area contributed by atoms with Crippen molar-refractivity contribution in [3.8, 4) is 11.3 Å². The quantitative estimate of drug-likeness (QED) is 0.876. The van der Waals surface area contributed by atoms with Crippen molar-refractivity contribution in [3.05, 3.63) is 41.0 Å². The standard InChI is InChI=1S/C17H17ClN2O5/c1-24-10-17(16(22)23)6-7-20(9-17)15(21)13-8-14(25-19-13)11-4-2-3-5-12(11)18/h2-5,8H,6-7,9-10H2,1H3,(H,22,23). The zero-order valence-corrected chi connectivity index (χ0v) is 14.3. The first-order valence-electron chi connectivity index (χ1n) is 7.70. The number of hydrogen-bond donors (Lipinski definition) is 1. The maximum atomic E-state index is 12.6. The van der Waals surface area contributed by atoms with Crippen LogP contribution in [0.5, 0.6) is 0 Å². The van der Waals surface area contributed by atoms with Crippen LogP contribution in [0.1, 0.15) is 16.9 Å². The van der Waals surface area contributed by atoms with E-state index in [2.05, 4.69) is 5.16 Å². The first-order chi connectivity index (χ1) is 12.0. The summed E-state index contributed by atoms with van der Waals surface area (Å²) in [5.74, 6) is -0.961. The van der Waals surface area contributed by atoms with Crippen LogP contribution in [-0.4, -0.2) is 53.8 Å². The number of rotatable bonds is 5. The third-order valence-corrected chi connectivity index (χ3v) is 4.71. The van der Waals surface area contributed by atoms with Crippen molar-refractivity contribution >= 4 is 23.5 Å². The number of aromatic nitrogens is 1. The van der Waals surface area contributed by atoms with E-state index in [0.717, 1.165) is 0 Å². The molecule has 1 amide bonds. The second-order valence-corrected chi connectivity index (χ2v) is 6.46. The monoisotopic (exact) mass is 364 g/mol. The fourth-order valence-electron chi connectivity index (χ4n) is 3.00. The van der Waals surface area contributed by atoms with E-state index in [1.54, 1.807) is 24.3 Å². The van der Waals surface area contributed by atoms with Crippen LogP contribution in [0.4, 0.5) is 0 Å². The van der Waals surface area contributed by atoms with E-state index in [1.165, 1.54) is 18.1 Å². The Morgan fingerprint density at radius 3 is 2.88 bits per heavy atom. The Morgan fingerprint density at radius 2 is 2.20 bits per heavy atom. The van der Waals surface area contributed by atoms with E-state index in [4.69, 9.17) is 20.9 Å². The van der Waals surface area contributed by atoms with Crippen LogP contribution in [0.25, 0.3) is 11.3 Å². The topological polar surface area (TPSA) is 92.9 Å². The van der Waals surface area contributed by atoms with Gasteiger partial charge in [-0.25, -0.2) is 0 Å². The van der Waals surface area contributed by atoms with Gasteiger partial charge in [-0.3, -0.25) is 9.59 Å². The van der Waals surface area contributed by atoms with E-state index in [0.29, 0.717) is 29.3 Å². The molecule has 1 aromatic carbocycles. The smallest absolute Gasteiger partial charge is 0.313 e. The Balaban J connectivity index is 1.79. The highest BCUT2D eigenvalue weighted by Gasteiger charge is 2.46. The molecule has 1 atom stereocenters. The third-order valence-electron chi connectivity index (χ3n) is 4.38. The highest BCUT2D eigenvalue weighted by atomic mass is 35.5. The van der Waals surface area contributed by atoms with E-state index in [-0.39, 0.29) is 24.8 Å². The molecule has 0 bridgehead atoms. The molecule has 0 aliphatic carbocycles. The van der Waals surface area contributed by atoms with Gasteiger partial charge in [0.1, 0.15) is 5.41 Å². The van der Waals surface area contributed by atoms with Gasteiger partial charge >= 0.3 is 5.97 Å². The predicted octanol–water partition coefficient (Wildman–Crippen LogP) is 2.56. The van der Waals surface area contributed by atoms with Crippen LogP contribution in [0.15, 0.2) is 34.9 Å². The lowest BCUT2D eigenvalue weighted by atomic mass is 9.88. The van der Waals surface area contributed by atoms with Crippen molar-refractivity contribution < 1.29 is 24.0 Å². The minimum absolute atomic E-state index is 0.0514. The number of benzene rings is 1. The molecule has 132 valence electrons. The zero-order valence-electron chi connectivity index (χ0n) is 13.6. The van der Waals surface area contributed by atoms with E-state index in [1.807, 2.05) is 0 Å². The van der Waals surface area contributed by atoms with E-state index in [9.17, 15) is 14.7 Å². The SMILES string of the molecule is COCC1(C(=O)O)CCN(C(=O)c2cc(-c3ccccc3Cl)on2)C1. The molecule has 1 aliphatic heterocycles. The molecule has 1 fully saturated rings. The van der Waals surface area contributed by atoms with Gasteiger partial charge in [0.05, 0.1) is 11.6 Å². The number of carbonyl (C=O) groups excluding carboxylic acids is 1. The Labute approximate surface area is 149 Å². The molecule has 7 nitrogen and oxygen atoms in total. The van der Waals surface area contributed by atoms with E-state index < -0.39 is 11.4 Å². The summed E-state index contributed by atoms with van der Waals surface area (Å²) in [7, 11) is 1.45. The number of hydrogen-bond acceptors (Lipinski definition) is 5. The number of methoxy groups -OCH3 is 1. The molecular formula is C17H17ClN2O5. The summed E-state index contributed by atoms with van der Waals surface area (Å²) in [6.07, 6.45) is 0.330. The Morgan fingerprint density at radius 1 is 1.44 bits per heavy atom. The number of carbonyl (C=O) groups is 2. The molecule has 25 heavy (non-hydrogen) atoms. The normalized spacial score (nSPS) is 20.0. The molecule has 2 aromatic rings. The minimum atomic E-state index is -1.08. The zero-order chi connectivity index (χ0) is 18.0. The highest BCUT2D eigenvalue weighted by molar-refractivity contribution is 6.33. The number of amides is 1. The lowest BCUT2D eigenvalue weighted by Crippen LogP contribution is -2.40. The van der Waals surface area contributed by atoms with Gasteiger partial charge in [-0.05, 0) is 18.6 Å². The number of ether oxygens (including phenoxy) is 1. The fraction of sp³-hybridized carbons (Fsp3) is 0.353. The highest BCUT2D eigenvalue weighted by Crippen LogP contribution is 2.33. The molecule has 3 rings (SSSR count). The van der Waals surface area contributed by atoms with Crippen LogP contribution in [0.2, 0.25) is 5.02 Å². The number of carboxylic acids is 1. The second-order valence-electron chi connectivity index (χ2n) is 6.05. The van der Waals surface area contributed by atoms with Crippen molar-refractivity contribution in [2.45, 2.75) is 6.42 Å². The van der Waals surface area contributed by atoms with Crippen molar-refractivity contribution in [1.82, 2.24) is 10.1 Å². The van der Waals surface area contributed by atoms with Crippen LogP contribution in [0, 0.1) is 5.41 Å². The first-order valence-corrected chi connectivity index (χ1v) is 8.08. The van der Waals surface area contributed by atoms with Crippen LogP contribution in [0.3, 0.4) is 0 Å². The van der Waals surface area contributed by atoms with Gasteiger partial charge in [0.15, 0.2) is 11.5 Å². The van der Waals surface area contributed by atoms with Gasteiger partial charge in [0.25, 0.3) is 5.91 Å². The van der Waals surface area contributed by atoms with Crippen molar-refractivity contribution in [2.75, 3.05) is 26.8 Å². The number of likely N-dealkylation sites (tertiary alicyclic amines) is 1. The van der Waals surface area contributed by atoms with Gasteiger partial charge in [0, 0.05) is 31.8 Å². The molecule has 1 aromatic heterocycles. The van der Waals surface area contributed by atoms with Gasteiger partial charge in [-0.15, -0.1) is 0 Å². The summed E-state index contributed by atoms with van der Waals surface area (Å²) in [6.45, 7) is 0.446. The minimum Gasteiger partial charge on any atom is -0.481 e. The molecule has 1 N–H and O–H groups in total. The Hall–Kier alpha value is -2.38. The summed E-state index contributed by atoms with van der Waals surface area (Å²) < 4.78 is 10.3. The first kappa shape index (κ1) is 17.4. The van der Waals surface area contributed by atoms with Gasteiger partial charge in [0.2, 0.25) is 0 Å². The lowest BCUT2D eigenvalue weighted by Gasteiger charge is -2.23. The fourth-order valence-corrected chi connectivity index (χ4v) is 3.23. The summed E-state index contributed by atoms with van der Waals surface area (Å²) in [5, 5.41) is 13.8. The van der Waals surface area contributed by atoms with Crippen LogP contribution >= 0.6 is 11.6 Å². The molecule has 1 aliphatic rings. The average molecular weight is 365 g/mol. The molecule has 0 saturated carbocycles. The van der Waals surface area contributed by atoms with Crippen molar-refractivity contribution in [1.29, 1.82) is 0 Å². The molecular weight excluding hydrogens is 348 g/mol. The van der Waals surface area contributed by atoms with Crippen molar-refractivity contribution in [2.24, 2.45) is 5.41 Å². The average Bonchev–Trinajstić information content (AvgIpc) is 3.23. The Kier molecular flexibility index (Phi) is 4.78. The maximum absolute atomic E-state index is 12.6. The molecule has 8 heteroatoms. The number of nitrogens with zero attached hydrogens (tertiary/aromatic N) is 2. The van der Waals surface area contributed by atoms with Gasteiger partial charge < -0.3 is 19.3 Å². The van der Waals surface area contributed by atoms with Crippen molar-refractivity contribution in [3.63, 3.8) is 0 Å². The van der Waals surface area contributed by atoms with Crippen LogP contribution in [-0.2, 0) is 9.53 Å². The van der Waals surface area contributed by atoms with Gasteiger partial charge in [-0.1, -0.05) is 28.9 Å². The summed E-state index contributed by atoms with van der Waals surface area (Å²) in [6, 6.07) is 8.59. The summed E-state index contributed by atoms with van der Waals surface area (Å²) in [4.78, 5) is 25.7. The molecule has 0 spiro atoms. The lowest BCUT2D eigenvalue weighted by molar-refractivity contribution is -0.151. The second kappa shape index (κ2) is 6.85. The molecule has 0 radical (unpaired) electrons. The molecule has 1 saturated heterocycles. The number of carboxylic acid groups (broad SMARTS) is 1. The third kappa shape index (κ3) is 3.25.